The fourth-order valence-electron chi connectivity index (χ4n) is 2.26. The lowest BCUT2D eigenvalue weighted by Crippen LogP contribution is -2.54. The Kier molecular flexibility index (Phi) is 3.98. The average Bonchev–Trinajstić information content (AvgIpc) is 2.32. The van der Waals surface area contributed by atoms with Crippen molar-refractivity contribution in [1.29, 1.82) is 0 Å². The first-order chi connectivity index (χ1) is 9.67. The first-order valence-corrected chi connectivity index (χ1v) is 7.54. The summed E-state index contributed by atoms with van der Waals surface area (Å²) >= 11 is 0. The van der Waals surface area contributed by atoms with Crippen LogP contribution in [0.25, 0.3) is 0 Å². The first kappa shape index (κ1) is 15.8. The Labute approximate surface area is 118 Å². The zero-order valence-corrected chi connectivity index (χ0v) is 11.5. The normalized spacial score (nSPS) is 17.3. The molecular formula is C12H12F3NO4S. The number of hydrogen-bond donors (Lipinski definition) is 2. The van der Waals surface area contributed by atoms with Crippen LogP contribution in [0.3, 0.4) is 0 Å². The molecular weight excluding hydrogens is 311 g/mol. The average molecular weight is 323 g/mol. The van der Waals surface area contributed by atoms with Crippen molar-refractivity contribution in [2.45, 2.75) is 36.1 Å². The third-order valence-electron chi connectivity index (χ3n) is 3.44. The Hall–Kier alpha value is -1.61. The van der Waals surface area contributed by atoms with Crippen LogP contribution >= 0.6 is 0 Å². The zero-order valence-electron chi connectivity index (χ0n) is 10.7. The second-order valence-electron chi connectivity index (χ2n) is 4.98. The van der Waals surface area contributed by atoms with Crippen LogP contribution in [0, 0.1) is 17.5 Å². The van der Waals surface area contributed by atoms with Gasteiger partial charge >= 0.3 is 5.97 Å². The molecule has 1 fully saturated rings. The van der Waals surface area contributed by atoms with E-state index in [4.69, 9.17) is 5.11 Å². The van der Waals surface area contributed by atoms with Gasteiger partial charge in [-0.05, 0) is 31.4 Å². The Morgan fingerprint density at radius 3 is 2.33 bits per heavy atom. The summed E-state index contributed by atoms with van der Waals surface area (Å²) in [6.45, 7) is 0. The van der Waals surface area contributed by atoms with Gasteiger partial charge in [0.25, 0.3) is 0 Å². The lowest BCUT2D eigenvalue weighted by Gasteiger charge is -2.40. The summed E-state index contributed by atoms with van der Waals surface area (Å²) in [6, 6.07) is 1.10. The van der Waals surface area contributed by atoms with E-state index >= 15 is 0 Å². The fraction of sp³-hybridized carbons (Fsp3) is 0.417. The molecule has 2 N–H and O–H groups in total. The van der Waals surface area contributed by atoms with Crippen LogP contribution in [0.5, 0.6) is 0 Å². The lowest BCUT2D eigenvalue weighted by molar-refractivity contribution is -0.139. The quantitative estimate of drug-likeness (QED) is 0.809. The van der Waals surface area contributed by atoms with Crippen LogP contribution in [0.15, 0.2) is 17.0 Å². The highest BCUT2D eigenvalue weighted by molar-refractivity contribution is 7.89. The minimum atomic E-state index is -4.49. The molecule has 1 aliphatic carbocycles. The lowest BCUT2D eigenvalue weighted by atomic mass is 9.75. The highest BCUT2D eigenvalue weighted by Gasteiger charge is 2.43. The maximum atomic E-state index is 13.6. The van der Waals surface area contributed by atoms with Crippen molar-refractivity contribution < 1.29 is 31.5 Å². The number of benzene rings is 1. The SMILES string of the molecule is O=C(O)CC1(NS(=O)(=O)c2ccc(F)c(F)c2F)CCC1. The number of rotatable bonds is 5. The van der Waals surface area contributed by atoms with Crippen molar-refractivity contribution in [1.82, 2.24) is 4.72 Å². The smallest absolute Gasteiger partial charge is 0.305 e. The number of carbonyl (C=O) groups is 1. The summed E-state index contributed by atoms with van der Waals surface area (Å²) in [7, 11) is -4.49. The van der Waals surface area contributed by atoms with Crippen molar-refractivity contribution in [3.63, 3.8) is 0 Å². The molecule has 0 aliphatic heterocycles. The number of nitrogens with one attached hydrogen (secondary N) is 1. The molecule has 2 rings (SSSR count). The van der Waals surface area contributed by atoms with Gasteiger partial charge in [0.2, 0.25) is 10.0 Å². The summed E-state index contributed by atoms with van der Waals surface area (Å²) in [4.78, 5) is 9.73. The minimum absolute atomic E-state index is 0.282. The molecule has 0 aromatic heterocycles. The number of halogens is 3. The second-order valence-corrected chi connectivity index (χ2v) is 6.63. The van der Waals surface area contributed by atoms with Gasteiger partial charge in [-0.3, -0.25) is 4.79 Å². The first-order valence-electron chi connectivity index (χ1n) is 6.06. The van der Waals surface area contributed by atoms with E-state index in [1.165, 1.54) is 0 Å². The maximum absolute atomic E-state index is 13.6. The Bertz CT molecular complexity index is 686. The van der Waals surface area contributed by atoms with E-state index in [-0.39, 0.29) is 12.8 Å². The van der Waals surface area contributed by atoms with Gasteiger partial charge in [-0.1, -0.05) is 0 Å². The minimum Gasteiger partial charge on any atom is -0.481 e. The number of carboxylic acids is 1. The molecule has 0 spiro atoms. The van der Waals surface area contributed by atoms with Crippen LogP contribution in [0.4, 0.5) is 13.2 Å². The molecule has 0 heterocycles. The molecule has 1 aromatic rings. The fourth-order valence-corrected chi connectivity index (χ4v) is 3.79. The predicted octanol–water partition coefficient (Wildman–Crippen LogP) is 1.78. The molecule has 5 nitrogen and oxygen atoms in total. The van der Waals surface area contributed by atoms with E-state index in [1.54, 1.807) is 0 Å². The summed E-state index contributed by atoms with van der Waals surface area (Å²) in [6.07, 6.45) is 0.723. The van der Waals surface area contributed by atoms with E-state index in [0.29, 0.717) is 18.6 Å². The van der Waals surface area contributed by atoms with Crippen LogP contribution in [-0.4, -0.2) is 25.0 Å². The van der Waals surface area contributed by atoms with E-state index in [1.807, 2.05) is 0 Å². The van der Waals surface area contributed by atoms with Crippen LogP contribution in [0.1, 0.15) is 25.7 Å². The summed E-state index contributed by atoms with van der Waals surface area (Å²) in [5.74, 6) is -6.43. The van der Waals surface area contributed by atoms with Crippen molar-refractivity contribution in [2.24, 2.45) is 0 Å². The highest BCUT2D eigenvalue weighted by Crippen LogP contribution is 2.36. The van der Waals surface area contributed by atoms with Gasteiger partial charge in [0.15, 0.2) is 17.5 Å². The van der Waals surface area contributed by atoms with Crippen LogP contribution in [-0.2, 0) is 14.8 Å². The third-order valence-corrected chi connectivity index (χ3v) is 5.04. The van der Waals surface area contributed by atoms with Crippen LogP contribution in [0.2, 0.25) is 0 Å². The van der Waals surface area contributed by atoms with Crippen molar-refractivity contribution in [3.8, 4) is 0 Å². The van der Waals surface area contributed by atoms with E-state index in [9.17, 15) is 26.4 Å². The molecule has 0 radical (unpaired) electrons. The molecule has 0 saturated heterocycles. The van der Waals surface area contributed by atoms with Gasteiger partial charge in [0.05, 0.1) is 6.42 Å². The van der Waals surface area contributed by atoms with Crippen molar-refractivity contribution >= 4 is 16.0 Å². The topological polar surface area (TPSA) is 83.5 Å². The van der Waals surface area contributed by atoms with E-state index in [0.717, 1.165) is 0 Å². The van der Waals surface area contributed by atoms with E-state index < -0.39 is 50.3 Å². The Balaban J connectivity index is 2.35. The van der Waals surface area contributed by atoms with Crippen molar-refractivity contribution in [3.05, 3.63) is 29.6 Å². The third kappa shape index (κ3) is 3.03. The molecule has 0 amide bonds. The molecule has 9 heteroatoms. The molecule has 116 valence electrons. The number of aliphatic carboxylic acids is 1. The van der Waals surface area contributed by atoms with E-state index in [2.05, 4.69) is 4.72 Å². The molecule has 21 heavy (non-hydrogen) atoms. The standard InChI is InChI=1S/C12H12F3NO4S/c13-7-2-3-8(11(15)10(7)14)21(19,20)16-12(4-1-5-12)6-9(17)18/h2-3,16H,1,4-6H2,(H,17,18). The van der Waals surface area contributed by atoms with Gasteiger partial charge in [-0.15, -0.1) is 0 Å². The molecule has 1 saturated carbocycles. The number of carboxylic acid groups (broad SMARTS) is 1. The molecule has 0 unspecified atom stereocenters. The molecule has 0 bridgehead atoms. The van der Waals surface area contributed by atoms with Gasteiger partial charge in [0.1, 0.15) is 4.90 Å². The Morgan fingerprint density at radius 2 is 1.86 bits per heavy atom. The predicted molar refractivity (Wildman–Crippen MR) is 65.5 cm³/mol. The van der Waals surface area contributed by atoms with Gasteiger partial charge in [-0.25, -0.2) is 26.3 Å². The number of sulfonamides is 1. The van der Waals surface area contributed by atoms with Gasteiger partial charge in [-0.2, -0.15) is 0 Å². The van der Waals surface area contributed by atoms with Gasteiger partial charge < -0.3 is 5.11 Å². The van der Waals surface area contributed by atoms with Crippen molar-refractivity contribution in [2.75, 3.05) is 0 Å². The summed E-state index contributed by atoms with van der Waals surface area (Å²) in [5, 5.41) is 8.80. The summed E-state index contributed by atoms with van der Waals surface area (Å²) in [5.41, 5.74) is -1.21. The maximum Gasteiger partial charge on any atom is 0.305 e. The largest absolute Gasteiger partial charge is 0.481 e. The monoisotopic (exact) mass is 323 g/mol. The molecule has 1 aromatic carbocycles. The molecule has 1 aliphatic rings. The highest BCUT2D eigenvalue weighted by atomic mass is 32.2. The second kappa shape index (κ2) is 5.30. The zero-order chi connectivity index (χ0) is 15.8. The number of hydrogen-bond acceptors (Lipinski definition) is 3. The molecule has 0 atom stereocenters. The van der Waals surface area contributed by atoms with Crippen LogP contribution < -0.4 is 4.72 Å². The summed E-state index contributed by atoms with van der Waals surface area (Å²) < 4.78 is 65.8. The Morgan fingerprint density at radius 1 is 1.24 bits per heavy atom. The van der Waals surface area contributed by atoms with Gasteiger partial charge in [0, 0.05) is 5.54 Å².